The van der Waals surface area contributed by atoms with Gasteiger partial charge in [-0.3, -0.25) is 4.79 Å². The Bertz CT molecular complexity index is 611. The second kappa shape index (κ2) is 9.59. The zero-order valence-corrected chi connectivity index (χ0v) is 14.1. The Balaban J connectivity index is 2.82. The maximum Gasteiger partial charge on any atom is 0.263 e. The van der Waals surface area contributed by atoms with Gasteiger partial charge in [-0.1, -0.05) is 6.07 Å². The van der Waals surface area contributed by atoms with Crippen LogP contribution in [0.25, 0.3) is 0 Å². The number of nitrogens with one attached hydrogen (secondary N) is 2. The average Bonchev–Trinajstić information content (AvgIpc) is 2.59. The molecule has 0 aliphatic heterocycles. The van der Waals surface area contributed by atoms with Crippen molar-refractivity contribution in [1.29, 1.82) is 5.26 Å². The fourth-order valence-corrected chi connectivity index (χ4v) is 1.93. The number of hydrogen-bond donors (Lipinski definition) is 2. The second-order valence-electron chi connectivity index (χ2n) is 4.62. The van der Waals surface area contributed by atoms with Gasteiger partial charge < -0.3 is 20.1 Å². The number of nitriles is 1. The van der Waals surface area contributed by atoms with Crippen LogP contribution in [0.5, 0.6) is 11.5 Å². The van der Waals surface area contributed by atoms with Crippen molar-refractivity contribution >= 4 is 17.5 Å². The smallest absolute Gasteiger partial charge is 0.263 e. The molecule has 0 fully saturated rings. The van der Waals surface area contributed by atoms with Crippen molar-refractivity contribution in [3.05, 3.63) is 35.5 Å². The van der Waals surface area contributed by atoms with Gasteiger partial charge >= 0.3 is 0 Å². The van der Waals surface area contributed by atoms with Gasteiger partial charge in [0.1, 0.15) is 11.6 Å². The maximum atomic E-state index is 11.7. The normalized spacial score (nSPS) is 12.0. The van der Waals surface area contributed by atoms with Gasteiger partial charge in [-0.05, 0) is 24.6 Å². The summed E-state index contributed by atoms with van der Waals surface area (Å²) in [7, 11) is 3.13. The number of nitrogens with zero attached hydrogens (tertiary/aromatic N) is 1. The number of rotatable bonds is 8. The van der Waals surface area contributed by atoms with Gasteiger partial charge in [-0.15, -0.1) is 11.6 Å². The van der Waals surface area contributed by atoms with Crippen molar-refractivity contribution < 1.29 is 14.3 Å². The van der Waals surface area contributed by atoms with E-state index in [1.54, 1.807) is 20.3 Å². The molecule has 124 valence electrons. The van der Waals surface area contributed by atoms with Gasteiger partial charge in [-0.2, -0.15) is 5.26 Å². The van der Waals surface area contributed by atoms with Crippen LogP contribution in [-0.4, -0.2) is 32.6 Å². The first-order valence-corrected chi connectivity index (χ1v) is 7.53. The molecule has 1 amide bonds. The van der Waals surface area contributed by atoms with Crippen LogP contribution < -0.4 is 20.1 Å². The molecule has 1 aromatic carbocycles. The number of methoxy groups -OCH3 is 2. The zero-order valence-electron chi connectivity index (χ0n) is 13.4. The Morgan fingerprint density at radius 3 is 2.65 bits per heavy atom. The standard InChI is InChI=1S/C16H20ClN3O3/c1-11(12-4-5-14(22-2)15(8-12)23-3)20-10-13(9-18)16(21)19-7-6-17/h4-5,8,10-11,20H,6-7H2,1-3H3,(H,19,21)/b13-10-. The highest BCUT2D eigenvalue weighted by Gasteiger charge is 2.11. The van der Waals surface area contributed by atoms with Gasteiger partial charge in [0.05, 0.1) is 14.2 Å². The summed E-state index contributed by atoms with van der Waals surface area (Å²) in [6.45, 7) is 2.22. The van der Waals surface area contributed by atoms with E-state index in [-0.39, 0.29) is 11.6 Å². The van der Waals surface area contributed by atoms with Crippen LogP contribution in [0.2, 0.25) is 0 Å². The van der Waals surface area contributed by atoms with Crippen molar-refractivity contribution in [1.82, 2.24) is 10.6 Å². The molecule has 7 heteroatoms. The lowest BCUT2D eigenvalue weighted by molar-refractivity contribution is -0.117. The molecule has 0 saturated heterocycles. The molecule has 0 aliphatic rings. The van der Waals surface area contributed by atoms with Crippen LogP contribution in [-0.2, 0) is 4.79 Å². The number of hydrogen-bond acceptors (Lipinski definition) is 5. The third-order valence-corrected chi connectivity index (χ3v) is 3.32. The minimum atomic E-state index is -0.458. The van der Waals surface area contributed by atoms with Crippen LogP contribution in [0, 0.1) is 11.3 Å². The number of amides is 1. The largest absolute Gasteiger partial charge is 0.493 e. The maximum absolute atomic E-state index is 11.7. The van der Waals surface area contributed by atoms with Crippen LogP contribution >= 0.6 is 11.6 Å². The summed E-state index contributed by atoms with van der Waals surface area (Å²) in [4.78, 5) is 11.7. The second-order valence-corrected chi connectivity index (χ2v) is 5.00. The van der Waals surface area contributed by atoms with Gasteiger partial charge in [0.2, 0.25) is 0 Å². The minimum absolute atomic E-state index is 0.0116. The highest BCUT2D eigenvalue weighted by molar-refractivity contribution is 6.18. The fraction of sp³-hybridized carbons (Fsp3) is 0.375. The van der Waals surface area contributed by atoms with Gasteiger partial charge in [0, 0.05) is 24.7 Å². The summed E-state index contributed by atoms with van der Waals surface area (Å²) in [6, 6.07) is 7.25. The monoisotopic (exact) mass is 337 g/mol. The lowest BCUT2D eigenvalue weighted by atomic mass is 10.1. The molecule has 0 aliphatic carbocycles. The first-order chi connectivity index (χ1) is 11.1. The van der Waals surface area contributed by atoms with E-state index in [9.17, 15) is 4.79 Å². The lowest BCUT2D eigenvalue weighted by Gasteiger charge is -2.15. The van der Waals surface area contributed by atoms with E-state index in [4.69, 9.17) is 26.3 Å². The van der Waals surface area contributed by atoms with E-state index < -0.39 is 5.91 Å². The predicted molar refractivity (Wildman–Crippen MR) is 88.5 cm³/mol. The summed E-state index contributed by atoms with van der Waals surface area (Å²) < 4.78 is 10.5. The van der Waals surface area contributed by atoms with E-state index in [0.717, 1.165) is 5.56 Å². The molecule has 0 heterocycles. The lowest BCUT2D eigenvalue weighted by Crippen LogP contribution is -2.27. The molecular weight excluding hydrogens is 318 g/mol. The Hall–Kier alpha value is -2.39. The summed E-state index contributed by atoms with van der Waals surface area (Å²) in [6.07, 6.45) is 1.39. The molecule has 0 saturated carbocycles. The molecule has 23 heavy (non-hydrogen) atoms. The van der Waals surface area contributed by atoms with Crippen LogP contribution in [0.4, 0.5) is 0 Å². The number of alkyl halides is 1. The molecule has 1 atom stereocenters. The number of ether oxygens (including phenoxy) is 2. The SMILES string of the molecule is COc1ccc(C(C)N/C=C(/C#N)C(=O)NCCCl)cc1OC. The predicted octanol–water partition coefficient (Wildman–Crippen LogP) is 2.12. The number of benzene rings is 1. The van der Waals surface area contributed by atoms with Gasteiger partial charge in [0.15, 0.2) is 11.5 Å². The number of carbonyl (C=O) groups is 1. The van der Waals surface area contributed by atoms with Crippen LogP contribution in [0.1, 0.15) is 18.5 Å². The molecule has 0 aromatic heterocycles. The van der Waals surface area contributed by atoms with E-state index in [1.807, 2.05) is 25.1 Å². The topological polar surface area (TPSA) is 83.4 Å². The quantitative estimate of drug-likeness (QED) is 0.431. The van der Waals surface area contributed by atoms with Crippen molar-refractivity contribution in [2.75, 3.05) is 26.6 Å². The molecule has 1 aromatic rings. The van der Waals surface area contributed by atoms with E-state index in [0.29, 0.717) is 23.9 Å². The first kappa shape index (κ1) is 18.7. The number of carbonyl (C=O) groups excluding carboxylic acids is 1. The molecule has 2 N–H and O–H groups in total. The van der Waals surface area contributed by atoms with Crippen molar-refractivity contribution in [2.24, 2.45) is 0 Å². The molecule has 1 unspecified atom stereocenters. The molecular formula is C16H20ClN3O3. The molecule has 0 spiro atoms. The van der Waals surface area contributed by atoms with Gasteiger partial charge in [-0.25, -0.2) is 0 Å². The number of halogens is 1. The van der Waals surface area contributed by atoms with E-state index >= 15 is 0 Å². The molecule has 1 rings (SSSR count). The molecule has 0 bridgehead atoms. The van der Waals surface area contributed by atoms with Crippen LogP contribution in [0.3, 0.4) is 0 Å². The molecule has 6 nitrogen and oxygen atoms in total. The zero-order chi connectivity index (χ0) is 17.2. The van der Waals surface area contributed by atoms with Gasteiger partial charge in [0.25, 0.3) is 5.91 Å². The summed E-state index contributed by atoms with van der Waals surface area (Å²) in [5, 5.41) is 14.6. The van der Waals surface area contributed by atoms with E-state index in [2.05, 4.69) is 10.6 Å². The van der Waals surface area contributed by atoms with Crippen molar-refractivity contribution in [3.63, 3.8) is 0 Å². The summed E-state index contributed by atoms with van der Waals surface area (Å²) in [5.41, 5.74) is 0.916. The van der Waals surface area contributed by atoms with Crippen LogP contribution in [0.15, 0.2) is 30.0 Å². The van der Waals surface area contributed by atoms with E-state index in [1.165, 1.54) is 6.20 Å². The first-order valence-electron chi connectivity index (χ1n) is 6.99. The Labute approximate surface area is 141 Å². The molecule has 0 radical (unpaired) electrons. The highest BCUT2D eigenvalue weighted by atomic mass is 35.5. The Morgan fingerprint density at radius 2 is 2.09 bits per heavy atom. The van der Waals surface area contributed by atoms with Crippen molar-refractivity contribution in [2.45, 2.75) is 13.0 Å². The Morgan fingerprint density at radius 1 is 1.39 bits per heavy atom. The van der Waals surface area contributed by atoms with Crippen molar-refractivity contribution in [3.8, 4) is 17.6 Å². The summed E-state index contributed by atoms with van der Waals surface area (Å²) >= 11 is 5.50. The third-order valence-electron chi connectivity index (χ3n) is 3.13. The average molecular weight is 338 g/mol. The Kier molecular flexibility index (Phi) is 7.78. The summed E-state index contributed by atoms with van der Waals surface area (Å²) in [5.74, 6) is 1.08. The minimum Gasteiger partial charge on any atom is -0.493 e. The highest BCUT2D eigenvalue weighted by Crippen LogP contribution is 2.29. The fourth-order valence-electron chi connectivity index (χ4n) is 1.83. The third kappa shape index (κ3) is 5.38.